The van der Waals surface area contributed by atoms with Gasteiger partial charge in [-0.25, -0.2) is 4.79 Å². The second kappa shape index (κ2) is 9.30. The van der Waals surface area contributed by atoms with Crippen LogP contribution in [-0.2, 0) is 27.4 Å². The molecule has 0 spiro atoms. The number of fused-ring (bicyclic) bond motifs is 1. The van der Waals surface area contributed by atoms with Gasteiger partial charge >= 0.3 is 12.1 Å². The molecule has 1 amide bonds. The lowest BCUT2D eigenvalue weighted by Gasteiger charge is -2.29. The van der Waals surface area contributed by atoms with Gasteiger partial charge in [-0.15, -0.1) is 0 Å². The van der Waals surface area contributed by atoms with E-state index in [0.717, 1.165) is 11.1 Å². The first-order valence-electron chi connectivity index (χ1n) is 10.6. The van der Waals surface area contributed by atoms with Gasteiger partial charge in [-0.3, -0.25) is 9.69 Å². The van der Waals surface area contributed by atoms with Crippen LogP contribution in [0.1, 0.15) is 24.5 Å². The quantitative estimate of drug-likeness (QED) is 0.685. The number of benzene rings is 2. The summed E-state index contributed by atoms with van der Waals surface area (Å²) in [6, 6.07) is 19.7. The first-order valence-corrected chi connectivity index (χ1v) is 10.6. The lowest BCUT2D eigenvalue weighted by atomic mass is 10.0. The van der Waals surface area contributed by atoms with Crippen molar-refractivity contribution < 1.29 is 19.1 Å². The van der Waals surface area contributed by atoms with Gasteiger partial charge in [0.2, 0.25) is 0 Å². The van der Waals surface area contributed by atoms with Crippen LogP contribution in [0, 0.1) is 5.92 Å². The van der Waals surface area contributed by atoms with E-state index in [0.29, 0.717) is 32.7 Å². The maximum atomic E-state index is 12.6. The zero-order chi connectivity index (χ0) is 20.9. The molecule has 2 heterocycles. The Kier molecular flexibility index (Phi) is 6.33. The summed E-state index contributed by atoms with van der Waals surface area (Å²) in [5, 5.41) is 0. The Morgan fingerprint density at radius 2 is 1.60 bits per heavy atom. The van der Waals surface area contributed by atoms with Crippen LogP contribution < -0.4 is 0 Å². The monoisotopic (exact) mass is 408 g/mol. The fourth-order valence-electron chi connectivity index (χ4n) is 4.57. The van der Waals surface area contributed by atoms with Crippen molar-refractivity contribution in [1.29, 1.82) is 0 Å². The summed E-state index contributed by atoms with van der Waals surface area (Å²) >= 11 is 0. The molecule has 2 aromatic carbocycles. The van der Waals surface area contributed by atoms with Crippen molar-refractivity contribution in [3.05, 3.63) is 71.8 Å². The minimum absolute atomic E-state index is 0.129. The first-order chi connectivity index (χ1) is 14.7. The van der Waals surface area contributed by atoms with Crippen LogP contribution in [0.3, 0.4) is 0 Å². The van der Waals surface area contributed by atoms with Gasteiger partial charge in [-0.05, 0) is 30.4 Å². The van der Waals surface area contributed by atoms with Gasteiger partial charge in [0.1, 0.15) is 12.6 Å². The second-order valence-electron chi connectivity index (χ2n) is 7.93. The first kappa shape index (κ1) is 20.4. The molecule has 3 atom stereocenters. The summed E-state index contributed by atoms with van der Waals surface area (Å²) in [5.74, 6) is 0.0772. The molecule has 0 aliphatic carbocycles. The van der Waals surface area contributed by atoms with E-state index in [1.165, 1.54) is 0 Å². The molecule has 6 heteroatoms. The summed E-state index contributed by atoms with van der Waals surface area (Å²) in [5.41, 5.74) is 2.12. The van der Waals surface area contributed by atoms with Gasteiger partial charge in [0.25, 0.3) is 0 Å². The topological polar surface area (TPSA) is 59.1 Å². The molecule has 2 aliphatic heterocycles. The molecule has 0 N–H and O–H groups in total. The van der Waals surface area contributed by atoms with Crippen molar-refractivity contribution in [1.82, 2.24) is 9.80 Å². The Hall–Kier alpha value is -2.86. The maximum Gasteiger partial charge on any atom is 0.410 e. The van der Waals surface area contributed by atoms with E-state index in [9.17, 15) is 9.59 Å². The smallest absolute Gasteiger partial charge is 0.410 e. The van der Waals surface area contributed by atoms with Crippen molar-refractivity contribution in [2.45, 2.75) is 38.6 Å². The van der Waals surface area contributed by atoms with Gasteiger partial charge in [-0.1, -0.05) is 60.7 Å². The highest BCUT2D eigenvalue weighted by molar-refractivity contribution is 5.76. The molecule has 0 saturated carbocycles. The fourth-order valence-corrected chi connectivity index (χ4v) is 4.57. The van der Waals surface area contributed by atoms with Crippen LogP contribution in [0.5, 0.6) is 0 Å². The Balaban J connectivity index is 1.42. The number of ether oxygens (including phenoxy) is 2. The summed E-state index contributed by atoms with van der Waals surface area (Å²) in [6.07, 6.45) is 0.416. The van der Waals surface area contributed by atoms with Gasteiger partial charge < -0.3 is 14.4 Å². The zero-order valence-electron chi connectivity index (χ0n) is 17.3. The van der Waals surface area contributed by atoms with Crippen LogP contribution in [0.2, 0.25) is 0 Å². The third-order valence-corrected chi connectivity index (χ3v) is 5.99. The van der Waals surface area contributed by atoms with E-state index in [1.54, 1.807) is 4.90 Å². The summed E-state index contributed by atoms with van der Waals surface area (Å²) in [4.78, 5) is 29.2. The highest BCUT2D eigenvalue weighted by Gasteiger charge is 2.50. The number of nitrogens with zero attached hydrogens (tertiary/aromatic N) is 2. The lowest BCUT2D eigenvalue weighted by Crippen LogP contribution is -2.44. The number of likely N-dealkylation sites (tertiary alicyclic amines) is 2. The molecule has 0 bridgehead atoms. The Morgan fingerprint density at radius 1 is 0.933 bits per heavy atom. The molecule has 0 radical (unpaired) electrons. The molecule has 2 aliphatic rings. The lowest BCUT2D eigenvalue weighted by molar-refractivity contribution is -0.149. The second-order valence-corrected chi connectivity index (χ2v) is 7.93. The third-order valence-electron chi connectivity index (χ3n) is 5.99. The highest BCUT2D eigenvalue weighted by Crippen LogP contribution is 2.37. The molecule has 4 rings (SSSR count). The maximum absolute atomic E-state index is 12.6. The summed E-state index contributed by atoms with van der Waals surface area (Å²) in [7, 11) is 0. The van der Waals surface area contributed by atoms with Gasteiger partial charge in [0, 0.05) is 25.7 Å². The number of hydrogen-bond acceptors (Lipinski definition) is 5. The molecular weight excluding hydrogens is 380 g/mol. The average Bonchev–Trinajstić information content (AvgIpc) is 3.33. The van der Waals surface area contributed by atoms with E-state index in [-0.39, 0.29) is 36.7 Å². The normalized spacial score (nSPS) is 23.2. The van der Waals surface area contributed by atoms with Crippen molar-refractivity contribution in [3.8, 4) is 0 Å². The number of hydrogen-bond donors (Lipinski definition) is 0. The van der Waals surface area contributed by atoms with Crippen LogP contribution in [-0.4, -0.2) is 53.6 Å². The zero-order valence-corrected chi connectivity index (χ0v) is 17.3. The highest BCUT2D eigenvalue weighted by atomic mass is 16.6. The molecule has 0 unspecified atom stereocenters. The van der Waals surface area contributed by atoms with Gasteiger partial charge in [-0.2, -0.15) is 0 Å². The van der Waals surface area contributed by atoms with E-state index in [2.05, 4.69) is 17.0 Å². The number of amides is 1. The minimum Gasteiger partial charge on any atom is -0.465 e. The molecule has 2 fully saturated rings. The predicted octanol–water partition coefficient (Wildman–Crippen LogP) is 3.46. The van der Waals surface area contributed by atoms with E-state index >= 15 is 0 Å². The Morgan fingerprint density at radius 3 is 2.27 bits per heavy atom. The Labute approximate surface area is 177 Å². The van der Waals surface area contributed by atoms with Gasteiger partial charge in [0.15, 0.2) is 0 Å². The molecule has 6 nitrogen and oxygen atoms in total. The Bertz CT molecular complexity index is 858. The molecule has 2 saturated heterocycles. The van der Waals surface area contributed by atoms with E-state index in [4.69, 9.17) is 9.47 Å². The largest absolute Gasteiger partial charge is 0.465 e. The number of carbonyl (C=O) groups excluding carboxylic acids is 2. The van der Waals surface area contributed by atoms with Crippen LogP contribution in [0.25, 0.3) is 0 Å². The van der Waals surface area contributed by atoms with Crippen molar-refractivity contribution in [3.63, 3.8) is 0 Å². The molecule has 158 valence electrons. The summed E-state index contributed by atoms with van der Waals surface area (Å²) in [6.45, 7) is 4.32. The predicted molar refractivity (Wildman–Crippen MR) is 113 cm³/mol. The van der Waals surface area contributed by atoms with Crippen molar-refractivity contribution >= 4 is 12.1 Å². The third kappa shape index (κ3) is 4.49. The average molecular weight is 408 g/mol. The molecule has 30 heavy (non-hydrogen) atoms. The van der Waals surface area contributed by atoms with E-state index < -0.39 is 0 Å². The SMILES string of the molecule is CCOC(=O)[C@H]1C[C@@H]2CN(C(=O)OCc3ccccc3)C[C@H]2N1Cc1ccccc1. The number of rotatable bonds is 6. The van der Waals surface area contributed by atoms with Crippen molar-refractivity contribution in [2.24, 2.45) is 5.92 Å². The molecule has 2 aromatic rings. The summed E-state index contributed by atoms with van der Waals surface area (Å²) < 4.78 is 10.9. The van der Waals surface area contributed by atoms with Crippen LogP contribution in [0.15, 0.2) is 60.7 Å². The van der Waals surface area contributed by atoms with Crippen LogP contribution >= 0.6 is 0 Å². The van der Waals surface area contributed by atoms with Crippen molar-refractivity contribution in [2.75, 3.05) is 19.7 Å². The van der Waals surface area contributed by atoms with Gasteiger partial charge in [0.05, 0.1) is 6.61 Å². The molecular formula is C24H28N2O4. The fraction of sp³-hybridized carbons (Fsp3) is 0.417. The number of esters is 1. The van der Waals surface area contributed by atoms with Crippen LogP contribution in [0.4, 0.5) is 4.79 Å². The minimum atomic E-state index is -0.291. The van der Waals surface area contributed by atoms with E-state index in [1.807, 2.05) is 55.5 Å². The standard InChI is InChI=1S/C24H28N2O4/c1-2-29-23(27)21-13-20-15-25(24(28)30-17-19-11-7-4-8-12-19)16-22(20)26(21)14-18-9-5-3-6-10-18/h3-12,20-22H,2,13-17H2,1H3/t20-,21-,22-/m1/s1. The molecule has 0 aromatic heterocycles. The number of carbonyl (C=O) groups is 2.